The Morgan fingerprint density at radius 2 is 1.74 bits per heavy atom. The summed E-state index contributed by atoms with van der Waals surface area (Å²) in [5.74, 6) is -0.509. The maximum atomic E-state index is 12.7. The molecule has 0 saturated heterocycles. The summed E-state index contributed by atoms with van der Waals surface area (Å²) in [6, 6.07) is 10.3. The maximum absolute atomic E-state index is 12.7. The Morgan fingerprint density at radius 1 is 1.03 bits per heavy atom. The van der Waals surface area contributed by atoms with E-state index in [4.69, 9.17) is 9.15 Å². The highest BCUT2D eigenvalue weighted by Crippen LogP contribution is 2.48. The molecule has 4 rings (SSSR count). The van der Waals surface area contributed by atoms with Gasteiger partial charge in [0.25, 0.3) is 0 Å². The third kappa shape index (κ3) is 3.75. The SMILES string of the molecule is CCOC(=O)c1ccccc1-c1c2cc(Br)c(=O)c(Br)c-2oc2c(Br)c([O-])c(Br)cc12. The van der Waals surface area contributed by atoms with Crippen LogP contribution in [0.2, 0.25) is 0 Å². The van der Waals surface area contributed by atoms with Crippen LogP contribution in [0.1, 0.15) is 17.3 Å². The highest BCUT2D eigenvalue weighted by Gasteiger charge is 2.26. The second-order valence-corrected chi connectivity index (χ2v) is 9.79. The van der Waals surface area contributed by atoms with Gasteiger partial charge in [-0.3, -0.25) is 4.79 Å². The van der Waals surface area contributed by atoms with Crippen LogP contribution in [0.4, 0.5) is 0 Å². The number of esters is 1. The molecule has 0 amide bonds. The van der Waals surface area contributed by atoms with Crippen molar-refractivity contribution in [2.24, 2.45) is 0 Å². The Hall–Kier alpha value is -1.68. The quantitative estimate of drug-likeness (QED) is 0.175. The first kappa shape index (κ1) is 22.5. The first-order valence-electron chi connectivity index (χ1n) is 8.96. The van der Waals surface area contributed by atoms with E-state index in [0.29, 0.717) is 36.6 Å². The first-order chi connectivity index (χ1) is 14.8. The van der Waals surface area contributed by atoms with Crippen molar-refractivity contribution in [2.75, 3.05) is 6.61 Å². The Morgan fingerprint density at radius 3 is 2.45 bits per heavy atom. The number of hydrogen-bond donors (Lipinski definition) is 0. The molecule has 0 aromatic heterocycles. The van der Waals surface area contributed by atoms with Gasteiger partial charge in [-0.05, 0) is 78.5 Å². The van der Waals surface area contributed by atoms with Crippen LogP contribution >= 0.6 is 63.7 Å². The van der Waals surface area contributed by atoms with E-state index in [1.54, 1.807) is 43.3 Å². The third-order valence-electron chi connectivity index (χ3n) is 4.70. The molecule has 9 heteroatoms. The molecule has 0 unspecified atom stereocenters. The lowest BCUT2D eigenvalue weighted by Gasteiger charge is -2.21. The number of carbonyl (C=O) groups excluding carboxylic acids is 1. The van der Waals surface area contributed by atoms with Crippen LogP contribution in [0.15, 0.2) is 63.5 Å². The molecular weight excluding hydrogens is 664 g/mol. The molecular formula is C22H11Br4O5-. The van der Waals surface area contributed by atoms with Crippen molar-refractivity contribution in [1.82, 2.24) is 0 Å². The predicted octanol–water partition coefficient (Wildman–Crippen LogP) is 6.87. The zero-order valence-electron chi connectivity index (χ0n) is 15.7. The molecule has 1 aliphatic carbocycles. The van der Waals surface area contributed by atoms with Gasteiger partial charge in [-0.1, -0.05) is 39.9 Å². The molecule has 0 atom stereocenters. The molecule has 31 heavy (non-hydrogen) atoms. The lowest BCUT2D eigenvalue weighted by atomic mass is 9.91. The summed E-state index contributed by atoms with van der Waals surface area (Å²) in [6.45, 7) is 1.97. The van der Waals surface area contributed by atoms with Gasteiger partial charge >= 0.3 is 5.97 Å². The van der Waals surface area contributed by atoms with Crippen LogP contribution in [0.5, 0.6) is 5.75 Å². The summed E-state index contributed by atoms with van der Waals surface area (Å²) < 4.78 is 12.4. The van der Waals surface area contributed by atoms with Crippen LogP contribution in [-0.4, -0.2) is 12.6 Å². The summed E-state index contributed by atoms with van der Waals surface area (Å²) in [7, 11) is 0. The van der Waals surface area contributed by atoms with Crippen LogP contribution < -0.4 is 10.5 Å². The Bertz CT molecular complexity index is 1390. The van der Waals surface area contributed by atoms with Crippen molar-refractivity contribution in [3.63, 3.8) is 0 Å². The topological polar surface area (TPSA) is 79.6 Å². The van der Waals surface area contributed by atoms with Crippen molar-refractivity contribution in [3.8, 4) is 28.2 Å². The van der Waals surface area contributed by atoms with Crippen molar-refractivity contribution in [1.29, 1.82) is 0 Å². The summed E-state index contributed by atoms with van der Waals surface area (Å²) in [6.07, 6.45) is 0. The molecule has 0 fully saturated rings. The van der Waals surface area contributed by atoms with Gasteiger partial charge in [0.2, 0.25) is 5.43 Å². The van der Waals surface area contributed by atoms with Crippen LogP contribution in [0, 0.1) is 0 Å². The van der Waals surface area contributed by atoms with Gasteiger partial charge < -0.3 is 14.3 Å². The summed E-state index contributed by atoms with van der Waals surface area (Å²) >= 11 is 13.3. The predicted molar refractivity (Wildman–Crippen MR) is 131 cm³/mol. The number of carbonyl (C=O) groups is 1. The zero-order valence-corrected chi connectivity index (χ0v) is 22.1. The monoisotopic (exact) mass is 671 g/mol. The van der Waals surface area contributed by atoms with Gasteiger partial charge in [0, 0.05) is 21.0 Å². The molecule has 0 bridgehead atoms. The van der Waals surface area contributed by atoms with Gasteiger partial charge in [0.15, 0.2) is 5.76 Å². The van der Waals surface area contributed by atoms with Crippen molar-refractivity contribution < 1.29 is 19.1 Å². The molecule has 0 N–H and O–H groups in total. The van der Waals surface area contributed by atoms with Crippen molar-refractivity contribution in [2.45, 2.75) is 6.92 Å². The molecule has 2 aliphatic rings. The van der Waals surface area contributed by atoms with E-state index in [0.717, 1.165) is 0 Å². The summed E-state index contributed by atoms with van der Waals surface area (Å²) in [5.41, 5.74) is 2.12. The van der Waals surface area contributed by atoms with Gasteiger partial charge in [0.1, 0.15) is 10.1 Å². The standard InChI is InChI=1S/C22H12Br4O5/c1-2-30-22(29)10-6-4-3-5-9(10)15-11-7-13(23)18(27)16(25)20(11)31-21-12(15)8-14(24)19(28)17(21)26/h3-8,27H,2H2,1H3/p-1. The van der Waals surface area contributed by atoms with E-state index < -0.39 is 5.97 Å². The highest BCUT2D eigenvalue weighted by atomic mass is 79.9. The van der Waals surface area contributed by atoms with Gasteiger partial charge in [-0.15, -0.1) is 0 Å². The molecule has 158 valence electrons. The minimum atomic E-state index is -0.475. The van der Waals surface area contributed by atoms with Crippen molar-refractivity contribution in [3.05, 3.63) is 70.1 Å². The second kappa shape index (κ2) is 8.69. The average molecular weight is 675 g/mol. The van der Waals surface area contributed by atoms with Gasteiger partial charge in [-0.2, -0.15) is 0 Å². The van der Waals surface area contributed by atoms with Crippen LogP contribution in [0.3, 0.4) is 0 Å². The molecule has 1 aliphatic heterocycles. The Labute approximate surface area is 210 Å². The third-order valence-corrected chi connectivity index (χ3v) is 7.32. The fourth-order valence-electron chi connectivity index (χ4n) is 3.36. The fraction of sp³-hybridized carbons (Fsp3) is 0.0909. The second-order valence-electron chi connectivity index (χ2n) is 6.50. The van der Waals surface area contributed by atoms with E-state index in [1.165, 1.54) is 0 Å². The van der Waals surface area contributed by atoms with Gasteiger partial charge in [0.05, 0.1) is 21.1 Å². The van der Waals surface area contributed by atoms with E-state index in [1.807, 2.05) is 0 Å². The number of hydrogen-bond acceptors (Lipinski definition) is 5. The van der Waals surface area contributed by atoms with E-state index in [2.05, 4.69) is 63.7 Å². The largest absolute Gasteiger partial charge is 0.871 e. The van der Waals surface area contributed by atoms with Crippen LogP contribution in [0.25, 0.3) is 33.4 Å². The number of ether oxygens (including phenoxy) is 1. The van der Waals surface area contributed by atoms with E-state index >= 15 is 0 Å². The maximum Gasteiger partial charge on any atom is 0.338 e. The molecule has 2 aromatic carbocycles. The molecule has 5 nitrogen and oxygen atoms in total. The average Bonchev–Trinajstić information content (AvgIpc) is 2.75. The van der Waals surface area contributed by atoms with Crippen molar-refractivity contribution >= 4 is 80.7 Å². The Balaban J connectivity index is 2.26. The summed E-state index contributed by atoms with van der Waals surface area (Å²) in [5, 5.41) is 13.1. The fourth-order valence-corrected chi connectivity index (χ4v) is 5.77. The van der Waals surface area contributed by atoms with Gasteiger partial charge in [-0.25, -0.2) is 4.79 Å². The number of fused-ring (bicyclic) bond motifs is 2. The lowest BCUT2D eigenvalue weighted by Crippen LogP contribution is -2.09. The highest BCUT2D eigenvalue weighted by molar-refractivity contribution is 9.11. The molecule has 0 radical (unpaired) electrons. The zero-order chi connectivity index (χ0) is 22.4. The molecule has 2 aromatic rings. The Kier molecular flexibility index (Phi) is 6.31. The first-order valence-corrected chi connectivity index (χ1v) is 12.1. The minimum Gasteiger partial charge on any atom is -0.871 e. The smallest absolute Gasteiger partial charge is 0.338 e. The van der Waals surface area contributed by atoms with E-state index in [-0.39, 0.29) is 38.1 Å². The lowest BCUT2D eigenvalue weighted by molar-refractivity contribution is -0.270. The number of benzene rings is 3. The van der Waals surface area contributed by atoms with E-state index in [9.17, 15) is 14.7 Å². The normalized spacial score (nSPS) is 11.3. The summed E-state index contributed by atoms with van der Waals surface area (Å²) in [4.78, 5) is 25.2. The molecule has 0 saturated carbocycles. The minimum absolute atomic E-state index is 0.205. The molecule has 1 heterocycles. The number of halogens is 4. The number of rotatable bonds is 3. The molecule has 0 spiro atoms. The van der Waals surface area contributed by atoms with Crippen LogP contribution in [-0.2, 0) is 4.74 Å².